The van der Waals surface area contributed by atoms with E-state index < -0.39 is 5.97 Å². The highest BCUT2D eigenvalue weighted by atomic mass is 79.9. The number of carboxylic acids is 1. The Morgan fingerprint density at radius 1 is 1.53 bits per heavy atom. The van der Waals surface area contributed by atoms with Gasteiger partial charge in [-0.2, -0.15) is 0 Å². The maximum atomic E-state index is 10.5. The van der Waals surface area contributed by atoms with E-state index in [-0.39, 0.29) is 6.42 Å². The Bertz CT molecular complexity index is 350. The molecule has 15 heavy (non-hydrogen) atoms. The van der Waals surface area contributed by atoms with Gasteiger partial charge in [-0.1, -0.05) is 28.1 Å². The molecule has 0 aromatic heterocycles. The Morgan fingerprint density at radius 2 is 2.27 bits per heavy atom. The van der Waals surface area contributed by atoms with Gasteiger partial charge in [0, 0.05) is 11.1 Å². The summed E-state index contributed by atoms with van der Waals surface area (Å²) >= 11 is 3.40. The van der Waals surface area contributed by atoms with Gasteiger partial charge >= 0.3 is 5.97 Å². The average Bonchev–Trinajstić information content (AvgIpc) is 2.18. The van der Waals surface area contributed by atoms with Crippen LogP contribution >= 0.6 is 15.9 Å². The zero-order chi connectivity index (χ0) is 11.3. The zero-order valence-corrected chi connectivity index (χ0v) is 10.1. The molecule has 0 radical (unpaired) electrons. The fourth-order valence-electron chi connectivity index (χ4n) is 1.24. The van der Waals surface area contributed by atoms with E-state index in [1.807, 2.05) is 19.1 Å². The molecule has 1 rings (SSSR count). The second-order valence-corrected chi connectivity index (χ2v) is 3.99. The van der Waals surface area contributed by atoms with E-state index in [4.69, 9.17) is 9.84 Å². The Morgan fingerprint density at radius 3 is 2.87 bits per heavy atom. The first-order valence-electron chi connectivity index (χ1n) is 4.70. The van der Waals surface area contributed by atoms with Crippen LogP contribution in [0.5, 0.6) is 0 Å². The molecule has 82 valence electrons. The molecule has 0 bridgehead atoms. The van der Waals surface area contributed by atoms with Crippen LogP contribution in [0.1, 0.15) is 18.1 Å². The molecular formula is C11H13BrO3. The third kappa shape index (κ3) is 4.01. The van der Waals surface area contributed by atoms with Crippen molar-refractivity contribution in [2.75, 3.05) is 6.61 Å². The molecular weight excluding hydrogens is 260 g/mol. The number of carbonyl (C=O) groups is 1. The van der Waals surface area contributed by atoms with E-state index in [0.717, 1.165) is 15.6 Å². The lowest BCUT2D eigenvalue weighted by atomic mass is 10.1. The monoisotopic (exact) mass is 272 g/mol. The highest BCUT2D eigenvalue weighted by Crippen LogP contribution is 2.19. The number of carboxylic acid groups (broad SMARTS) is 1. The van der Waals surface area contributed by atoms with Gasteiger partial charge < -0.3 is 9.84 Å². The van der Waals surface area contributed by atoms with Crippen LogP contribution in [-0.2, 0) is 22.6 Å². The molecule has 0 saturated carbocycles. The summed E-state index contributed by atoms with van der Waals surface area (Å²) in [6.45, 7) is 3.08. The first kappa shape index (κ1) is 12.2. The van der Waals surface area contributed by atoms with Crippen molar-refractivity contribution in [2.24, 2.45) is 0 Å². The Hall–Kier alpha value is -0.870. The molecule has 0 spiro atoms. The standard InChI is InChI=1S/C11H13BrO3/c1-2-15-7-9-5-8(6-11(13)14)3-4-10(9)12/h3-5H,2,6-7H2,1H3,(H,13,14). The molecule has 0 heterocycles. The summed E-state index contributed by atoms with van der Waals surface area (Å²) < 4.78 is 6.23. The highest BCUT2D eigenvalue weighted by Gasteiger charge is 2.04. The van der Waals surface area contributed by atoms with Gasteiger partial charge in [0.15, 0.2) is 0 Å². The molecule has 1 N–H and O–H groups in total. The number of hydrogen-bond acceptors (Lipinski definition) is 2. The number of hydrogen-bond donors (Lipinski definition) is 1. The minimum atomic E-state index is -0.820. The summed E-state index contributed by atoms with van der Waals surface area (Å²) in [5.74, 6) is -0.820. The van der Waals surface area contributed by atoms with Crippen molar-refractivity contribution in [2.45, 2.75) is 20.0 Å². The second kappa shape index (κ2) is 5.88. The molecule has 0 aliphatic heterocycles. The van der Waals surface area contributed by atoms with Crippen LogP contribution in [0, 0.1) is 0 Å². The van der Waals surface area contributed by atoms with Crippen LogP contribution in [0.15, 0.2) is 22.7 Å². The first-order chi connectivity index (χ1) is 7.13. The van der Waals surface area contributed by atoms with Crippen LogP contribution in [0.2, 0.25) is 0 Å². The van der Waals surface area contributed by atoms with E-state index in [2.05, 4.69) is 15.9 Å². The summed E-state index contributed by atoms with van der Waals surface area (Å²) in [6, 6.07) is 5.51. The lowest BCUT2D eigenvalue weighted by Crippen LogP contribution is -2.01. The molecule has 0 aliphatic rings. The van der Waals surface area contributed by atoms with Crippen molar-refractivity contribution >= 4 is 21.9 Å². The lowest BCUT2D eigenvalue weighted by molar-refractivity contribution is -0.136. The number of aliphatic carboxylic acids is 1. The van der Waals surface area contributed by atoms with Gasteiger partial charge in [0.25, 0.3) is 0 Å². The van der Waals surface area contributed by atoms with Crippen LogP contribution in [0.4, 0.5) is 0 Å². The maximum absolute atomic E-state index is 10.5. The quantitative estimate of drug-likeness (QED) is 0.897. The van der Waals surface area contributed by atoms with Gasteiger partial charge in [-0.25, -0.2) is 0 Å². The topological polar surface area (TPSA) is 46.5 Å². The summed E-state index contributed by atoms with van der Waals surface area (Å²) in [5.41, 5.74) is 1.77. The second-order valence-electron chi connectivity index (χ2n) is 3.13. The van der Waals surface area contributed by atoms with E-state index in [1.54, 1.807) is 6.07 Å². The highest BCUT2D eigenvalue weighted by molar-refractivity contribution is 9.10. The fraction of sp³-hybridized carbons (Fsp3) is 0.364. The van der Waals surface area contributed by atoms with Crippen molar-refractivity contribution in [1.29, 1.82) is 0 Å². The summed E-state index contributed by atoms with van der Waals surface area (Å²) in [5, 5.41) is 8.66. The Labute approximate surface area is 97.2 Å². The van der Waals surface area contributed by atoms with Crippen LogP contribution in [-0.4, -0.2) is 17.7 Å². The maximum Gasteiger partial charge on any atom is 0.307 e. The van der Waals surface area contributed by atoms with Gasteiger partial charge in [-0.05, 0) is 24.1 Å². The van der Waals surface area contributed by atoms with E-state index in [0.29, 0.717) is 13.2 Å². The normalized spacial score (nSPS) is 10.3. The molecule has 0 aliphatic carbocycles. The van der Waals surface area contributed by atoms with Crippen LogP contribution in [0.3, 0.4) is 0 Å². The molecule has 1 aromatic carbocycles. The largest absolute Gasteiger partial charge is 0.481 e. The van der Waals surface area contributed by atoms with Crippen molar-refractivity contribution < 1.29 is 14.6 Å². The predicted octanol–water partition coefficient (Wildman–Crippen LogP) is 2.61. The summed E-state index contributed by atoms with van der Waals surface area (Å²) in [6.07, 6.45) is 0.0480. The number of ether oxygens (including phenoxy) is 1. The van der Waals surface area contributed by atoms with Crippen molar-refractivity contribution in [1.82, 2.24) is 0 Å². The number of rotatable bonds is 5. The third-order valence-corrected chi connectivity index (χ3v) is 2.70. The molecule has 4 heteroatoms. The predicted molar refractivity (Wildman–Crippen MR) is 60.8 cm³/mol. The smallest absolute Gasteiger partial charge is 0.307 e. The fourth-order valence-corrected chi connectivity index (χ4v) is 1.60. The van der Waals surface area contributed by atoms with Gasteiger partial charge in [-0.15, -0.1) is 0 Å². The van der Waals surface area contributed by atoms with Crippen molar-refractivity contribution in [3.63, 3.8) is 0 Å². The summed E-state index contributed by atoms with van der Waals surface area (Å²) in [4.78, 5) is 10.5. The third-order valence-electron chi connectivity index (χ3n) is 1.93. The Balaban J connectivity index is 2.79. The minimum absolute atomic E-state index is 0.0480. The van der Waals surface area contributed by atoms with E-state index in [9.17, 15) is 4.79 Å². The van der Waals surface area contributed by atoms with Gasteiger partial charge in [-0.3, -0.25) is 4.79 Å². The van der Waals surface area contributed by atoms with Gasteiger partial charge in [0.2, 0.25) is 0 Å². The van der Waals surface area contributed by atoms with E-state index in [1.165, 1.54) is 0 Å². The molecule has 1 aromatic rings. The molecule has 0 amide bonds. The van der Waals surface area contributed by atoms with Crippen LogP contribution in [0.25, 0.3) is 0 Å². The average molecular weight is 273 g/mol. The van der Waals surface area contributed by atoms with E-state index >= 15 is 0 Å². The van der Waals surface area contributed by atoms with Crippen molar-refractivity contribution in [3.8, 4) is 0 Å². The molecule has 3 nitrogen and oxygen atoms in total. The minimum Gasteiger partial charge on any atom is -0.481 e. The number of benzene rings is 1. The lowest BCUT2D eigenvalue weighted by Gasteiger charge is -2.06. The molecule has 0 saturated heterocycles. The first-order valence-corrected chi connectivity index (χ1v) is 5.49. The number of halogens is 1. The summed E-state index contributed by atoms with van der Waals surface area (Å²) in [7, 11) is 0. The van der Waals surface area contributed by atoms with Gasteiger partial charge in [0.05, 0.1) is 13.0 Å². The zero-order valence-electron chi connectivity index (χ0n) is 8.50. The molecule has 0 unspecified atom stereocenters. The van der Waals surface area contributed by atoms with Crippen LogP contribution < -0.4 is 0 Å². The SMILES string of the molecule is CCOCc1cc(CC(=O)O)ccc1Br. The molecule has 0 fully saturated rings. The van der Waals surface area contributed by atoms with Gasteiger partial charge in [0.1, 0.15) is 0 Å². The molecule has 0 atom stereocenters. The Kier molecular flexibility index (Phi) is 4.78. The van der Waals surface area contributed by atoms with Crippen molar-refractivity contribution in [3.05, 3.63) is 33.8 Å².